The summed E-state index contributed by atoms with van der Waals surface area (Å²) in [6.07, 6.45) is -1.12. The monoisotopic (exact) mass is 393 g/mol. The zero-order valence-electron chi connectivity index (χ0n) is 14.4. The Labute approximate surface area is 155 Å². The molecule has 0 radical (unpaired) electrons. The van der Waals surface area contributed by atoms with Gasteiger partial charge < -0.3 is 0 Å². The Morgan fingerprint density at radius 1 is 1.19 bits per heavy atom. The average molecular weight is 393 g/mol. The summed E-state index contributed by atoms with van der Waals surface area (Å²) in [4.78, 5) is 16.7. The topological polar surface area (TPSA) is 57.6 Å². The SMILES string of the molecule is Cn1ccc(Cn2c(=O)n(C)c3ncc(-c4ccc(C(F)(F)F)s4)cc32)n1. The molecule has 4 heterocycles. The van der Waals surface area contributed by atoms with E-state index >= 15 is 0 Å². The number of hydrogen-bond donors (Lipinski definition) is 0. The molecule has 0 unspecified atom stereocenters. The van der Waals surface area contributed by atoms with E-state index in [9.17, 15) is 18.0 Å². The van der Waals surface area contributed by atoms with Gasteiger partial charge in [-0.15, -0.1) is 11.3 Å². The van der Waals surface area contributed by atoms with E-state index in [0.29, 0.717) is 38.6 Å². The summed E-state index contributed by atoms with van der Waals surface area (Å²) in [5.41, 5.74) is 1.98. The molecule has 0 aliphatic rings. The number of aryl methyl sites for hydroxylation is 2. The highest BCUT2D eigenvalue weighted by Crippen LogP contribution is 2.38. The lowest BCUT2D eigenvalue weighted by molar-refractivity contribution is -0.134. The van der Waals surface area contributed by atoms with Crippen molar-refractivity contribution >= 4 is 22.5 Å². The van der Waals surface area contributed by atoms with E-state index in [1.165, 1.54) is 21.4 Å². The fourth-order valence-electron chi connectivity index (χ4n) is 2.92. The van der Waals surface area contributed by atoms with Gasteiger partial charge in [-0.25, -0.2) is 9.78 Å². The fourth-order valence-corrected chi connectivity index (χ4v) is 3.77. The van der Waals surface area contributed by atoms with Crippen LogP contribution in [-0.2, 0) is 26.8 Å². The number of nitrogens with zero attached hydrogens (tertiary/aromatic N) is 5. The van der Waals surface area contributed by atoms with E-state index in [1.807, 2.05) is 0 Å². The zero-order chi connectivity index (χ0) is 19.3. The Morgan fingerprint density at radius 3 is 2.59 bits per heavy atom. The molecule has 0 bridgehead atoms. The molecular weight excluding hydrogens is 379 g/mol. The largest absolute Gasteiger partial charge is 0.425 e. The van der Waals surface area contributed by atoms with Crippen LogP contribution in [0.25, 0.3) is 21.6 Å². The summed E-state index contributed by atoms with van der Waals surface area (Å²) in [7, 11) is 3.39. The molecule has 0 aliphatic carbocycles. The number of thiophene rings is 1. The van der Waals surface area contributed by atoms with E-state index in [2.05, 4.69) is 10.1 Å². The lowest BCUT2D eigenvalue weighted by Crippen LogP contribution is -2.23. The van der Waals surface area contributed by atoms with Gasteiger partial charge in [0.25, 0.3) is 0 Å². The first-order valence-electron chi connectivity index (χ1n) is 7.95. The van der Waals surface area contributed by atoms with Crippen molar-refractivity contribution in [1.29, 1.82) is 0 Å². The normalized spacial score (nSPS) is 12.2. The Morgan fingerprint density at radius 2 is 1.96 bits per heavy atom. The lowest BCUT2D eigenvalue weighted by Gasteiger charge is -2.03. The van der Waals surface area contributed by atoms with Crippen molar-refractivity contribution in [3.8, 4) is 10.4 Å². The second kappa shape index (κ2) is 6.08. The third-order valence-electron chi connectivity index (χ3n) is 4.23. The van der Waals surface area contributed by atoms with Crippen LogP contribution in [0.15, 0.2) is 41.5 Å². The van der Waals surface area contributed by atoms with Crippen LogP contribution < -0.4 is 5.69 Å². The molecule has 4 rings (SSSR count). The molecule has 0 atom stereocenters. The van der Waals surface area contributed by atoms with Crippen molar-refractivity contribution in [2.45, 2.75) is 12.7 Å². The maximum atomic E-state index is 12.9. The molecule has 0 fully saturated rings. The molecule has 27 heavy (non-hydrogen) atoms. The number of imidazole rings is 1. The third-order valence-corrected chi connectivity index (χ3v) is 5.41. The molecule has 0 saturated carbocycles. The summed E-state index contributed by atoms with van der Waals surface area (Å²) >= 11 is 0.651. The second-order valence-electron chi connectivity index (χ2n) is 6.14. The van der Waals surface area contributed by atoms with Gasteiger partial charge in [-0.2, -0.15) is 18.3 Å². The van der Waals surface area contributed by atoms with Crippen LogP contribution in [-0.4, -0.2) is 23.9 Å². The minimum Gasteiger partial charge on any atom is -0.284 e. The molecule has 0 aromatic carbocycles. The standard InChI is InChI=1S/C17H14F3N5OS/c1-23-6-5-11(22-23)9-25-12-7-10(8-21-15(12)24(2)16(25)26)13-3-4-14(27-13)17(18,19)20/h3-8H,9H2,1-2H3. The number of rotatable bonds is 3. The predicted molar refractivity (Wildman–Crippen MR) is 95.6 cm³/mol. The summed E-state index contributed by atoms with van der Waals surface area (Å²) in [6, 6.07) is 5.97. The van der Waals surface area contributed by atoms with Crippen molar-refractivity contribution in [3.63, 3.8) is 0 Å². The number of hydrogen-bond acceptors (Lipinski definition) is 4. The van der Waals surface area contributed by atoms with Crippen LogP contribution in [0.2, 0.25) is 0 Å². The molecule has 4 aromatic rings. The molecule has 0 amide bonds. The first kappa shape index (κ1) is 17.5. The van der Waals surface area contributed by atoms with Gasteiger partial charge in [-0.3, -0.25) is 13.8 Å². The zero-order valence-corrected chi connectivity index (χ0v) is 15.2. The second-order valence-corrected chi connectivity index (χ2v) is 7.22. The summed E-state index contributed by atoms with van der Waals surface area (Å²) < 4.78 is 43.2. The Balaban J connectivity index is 1.82. The Bertz CT molecular complexity index is 1200. The highest BCUT2D eigenvalue weighted by molar-refractivity contribution is 7.15. The van der Waals surface area contributed by atoms with Gasteiger partial charge in [0, 0.05) is 36.9 Å². The van der Waals surface area contributed by atoms with Gasteiger partial charge in [-0.05, 0) is 24.3 Å². The number of aromatic nitrogens is 5. The van der Waals surface area contributed by atoms with Crippen molar-refractivity contribution in [3.05, 3.63) is 57.7 Å². The van der Waals surface area contributed by atoms with Gasteiger partial charge in [0.05, 0.1) is 17.8 Å². The van der Waals surface area contributed by atoms with Gasteiger partial charge >= 0.3 is 11.9 Å². The van der Waals surface area contributed by atoms with E-state index in [1.54, 1.807) is 37.1 Å². The maximum absolute atomic E-state index is 12.9. The van der Waals surface area contributed by atoms with Crippen LogP contribution >= 0.6 is 11.3 Å². The molecule has 0 spiro atoms. The van der Waals surface area contributed by atoms with E-state index in [4.69, 9.17) is 0 Å². The molecule has 140 valence electrons. The van der Waals surface area contributed by atoms with Crippen LogP contribution in [0.3, 0.4) is 0 Å². The third kappa shape index (κ3) is 3.05. The fraction of sp³-hybridized carbons (Fsp3) is 0.235. The van der Waals surface area contributed by atoms with Crippen LogP contribution in [0.5, 0.6) is 0 Å². The van der Waals surface area contributed by atoms with Gasteiger partial charge in [0.15, 0.2) is 5.65 Å². The average Bonchev–Trinajstić information content (AvgIpc) is 3.31. The van der Waals surface area contributed by atoms with Crippen molar-refractivity contribution < 1.29 is 13.2 Å². The predicted octanol–water partition coefficient (Wildman–Crippen LogP) is 3.26. The van der Waals surface area contributed by atoms with Crippen LogP contribution in [0.4, 0.5) is 13.2 Å². The summed E-state index contributed by atoms with van der Waals surface area (Å²) in [5.74, 6) is 0. The van der Waals surface area contributed by atoms with Gasteiger partial charge in [0.1, 0.15) is 4.88 Å². The molecule has 4 aromatic heterocycles. The maximum Gasteiger partial charge on any atom is 0.425 e. The number of fused-ring (bicyclic) bond motifs is 1. The first-order chi connectivity index (χ1) is 12.7. The van der Waals surface area contributed by atoms with E-state index in [0.717, 1.165) is 6.07 Å². The molecule has 6 nitrogen and oxygen atoms in total. The van der Waals surface area contributed by atoms with E-state index < -0.39 is 11.1 Å². The van der Waals surface area contributed by atoms with E-state index in [-0.39, 0.29) is 12.2 Å². The lowest BCUT2D eigenvalue weighted by atomic mass is 10.2. The number of halogens is 3. The Kier molecular flexibility index (Phi) is 3.95. The minimum absolute atomic E-state index is 0.250. The molecular formula is C17H14F3N5OS. The van der Waals surface area contributed by atoms with Crippen molar-refractivity contribution in [2.75, 3.05) is 0 Å². The van der Waals surface area contributed by atoms with Crippen LogP contribution in [0.1, 0.15) is 10.6 Å². The molecule has 0 aliphatic heterocycles. The number of alkyl halides is 3. The van der Waals surface area contributed by atoms with Gasteiger partial charge in [0.2, 0.25) is 0 Å². The van der Waals surface area contributed by atoms with Crippen LogP contribution in [0, 0.1) is 0 Å². The highest BCUT2D eigenvalue weighted by Gasteiger charge is 2.32. The highest BCUT2D eigenvalue weighted by atomic mass is 32.1. The molecule has 10 heteroatoms. The minimum atomic E-state index is -4.38. The first-order valence-corrected chi connectivity index (χ1v) is 8.77. The van der Waals surface area contributed by atoms with Crippen molar-refractivity contribution in [2.24, 2.45) is 14.1 Å². The van der Waals surface area contributed by atoms with Crippen molar-refractivity contribution in [1.82, 2.24) is 23.9 Å². The van der Waals surface area contributed by atoms with Gasteiger partial charge in [-0.1, -0.05) is 0 Å². The quantitative estimate of drug-likeness (QED) is 0.537. The number of pyridine rings is 1. The summed E-state index contributed by atoms with van der Waals surface area (Å²) in [6.45, 7) is 0.250. The Hall–Kier alpha value is -2.88. The molecule has 0 N–H and O–H groups in total. The summed E-state index contributed by atoms with van der Waals surface area (Å²) in [5, 5.41) is 4.28. The smallest absolute Gasteiger partial charge is 0.284 e. The molecule has 0 saturated heterocycles.